The van der Waals surface area contributed by atoms with Crippen LogP contribution < -0.4 is 5.32 Å². The number of hydrogen-bond acceptors (Lipinski definition) is 2. The zero-order valence-corrected chi connectivity index (χ0v) is 10.3. The van der Waals surface area contributed by atoms with E-state index in [1.54, 1.807) is 0 Å². The molecule has 0 unspecified atom stereocenters. The molecule has 0 amide bonds. The fourth-order valence-electron chi connectivity index (χ4n) is 2.78. The summed E-state index contributed by atoms with van der Waals surface area (Å²) in [6.07, 6.45) is 9.98. The number of nitrogens with zero attached hydrogens (tertiary/aromatic N) is 1. The van der Waals surface area contributed by atoms with Crippen molar-refractivity contribution in [3.05, 3.63) is 0 Å². The minimum atomic E-state index is 0.790. The van der Waals surface area contributed by atoms with Crippen molar-refractivity contribution in [1.29, 1.82) is 0 Å². The molecule has 0 heterocycles. The maximum Gasteiger partial charge on any atom is 0.00933 e. The van der Waals surface area contributed by atoms with Crippen LogP contribution in [-0.4, -0.2) is 37.6 Å². The molecule has 2 rings (SSSR count). The number of nitrogens with one attached hydrogen (secondary N) is 1. The van der Waals surface area contributed by atoms with E-state index in [-0.39, 0.29) is 0 Å². The Morgan fingerprint density at radius 1 is 1.07 bits per heavy atom. The molecule has 0 spiro atoms. The first kappa shape index (κ1) is 11.4. The zero-order valence-electron chi connectivity index (χ0n) is 10.3. The first-order chi connectivity index (χ1) is 7.29. The summed E-state index contributed by atoms with van der Waals surface area (Å²) in [4.78, 5) is 2.62. The van der Waals surface area contributed by atoms with Gasteiger partial charge in [-0.2, -0.15) is 0 Å². The van der Waals surface area contributed by atoms with Gasteiger partial charge < -0.3 is 10.2 Å². The van der Waals surface area contributed by atoms with Crippen molar-refractivity contribution in [3.8, 4) is 0 Å². The van der Waals surface area contributed by atoms with Gasteiger partial charge in [0.1, 0.15) is 0 Å². The molecule has 2 nitrogen and oxygen atoms in total. The predicted molar refractivity (Wildman–Crippen MR) is 65.1 cm³/mol. The molecule has 0 atom stereocenters. The predicted octanol–water partition coefficient (Wildman–Crippen LogP) is 2.25. The van der Waals surface area contributed by atoms with Gasteiger partial charge in [0.2, 0.25) is 0 Å². The highest BCUT2D eigenvalue weighted by Gasteiger charge is 2.25. The van der Waals surface area contributed by atoms with Crippen molar-refractivity contribution in [2.45, 2.75) is 57.0 Å². The summed E-state index contributed by atoms with van der Waals surface area (Å²) in [5.74, 6) is 1.08. The Kier molecular flexibility index (Phi) is 4.04. The van der Waals surface area contributed by atoms with Crippen molar-refractivity contribution in [2.24, 2.45) is 5.92 Å². The lowest BCUT2D eigenvalue weighted by molar-refractivity contribution is 0.173. The zero-order chi connectivity index (χ0) is 10.7. The van der Waals surface area contributed by atoms with E-state index in [1.165, 1.54) is 51.5 Å². The van der Waals surface area contributed by atoms with Crippen LogP contribution in [0.15, 0.2) is 0 Å². The molecule has 1 N–H and O–H groups in total. The molecule has 2 heteroatoms. The topological polar surface area (TPSA) is 15.3 Å². The standard InChI is InChI=1S/C13H26N2/c1-14-12-5-7-13(8-6-12)15(2)10-9-11-3-4-11/h11-14H,3-10H2,1-2H3. The molecule has 0 bridgehead atoms. The summed E-state index contributed by atoms with van der Waals surface area (Å²) in [7, 11) is 4.43. The Morgan fingerprint density at radius 2 is 1.73 bits per heavy atom. The molecule has 0 aromatic heterocycles. The smallest absolute Gasteiger partial charge is 0.00933 e. The van der Waals surface area contributed by atoms with Crippen LogP contribution in [0.4, 0.5) is 0 Å². The molecule has 2 aliphatic rings. The molecule has 88 valence electrons. The molecule has 0 radical (unpaired) electrons. The van der Waals surface area contributed by atoms with Crippen LogP contribution in [0.2, 0.25) is 0 Å². The minimum absolute atomic E-state index is 0.790. The second-order valence-electron chi connectivity index (χ2n) is 5.51. The van der Waals surface area contributed by atoms with E-state index >= 15 is 0 Å². The highest BCUT2D eigenvalue weighted by atomic mass is 15.1. The van der Waals surface area contributed by atoms with Crippen molar-refractivity contribution >= 4 is 0 Å². The van der Waals surface area contributed by atoms with E-state index < -0.39 is 0 Å². The largest absolute Gasteiger partial charge is 0.317 e. The maximum absolute atomic E-state index is 3.41. The minimum Gasteiger partial charge on any atom is -0.317 e. The highest BCUT2D eigenvalue weighted by molar-refractivity contribution is 4.82. The van der Waals surface area contributed by atoms with Gasteiger partial charge in [0, 0.05) is 12.1 Å². The third kappa shape index (κ3) is 3.46. The molecular weight excluding hydrogens is 184 g/mol. The van der Waals surface area contributed by atoms with E-state index in [4.69, 9.17) is 0 Å². The first-order valence-corrected chi connectivity index (χ1v) is 6.67. The van der Waals surface area contributed by atoms with Crippen molar-refractivity contribution in [2.75, 3.05) is 20.6 Å². The fourth-order valence-corrected chi connectivity index (χ4v) is 2.78. The lowest BCUT2D eigenvalue weighted by atomic mass is 9.90. The highest BCUT2D eigenvalue weighted by Crippen LogP contribution is 2.33. The quantitative estimate of drug-likeness (QED) is 0.749. The maximum atomic E-state index is 3.41. The van der Waals surface area contributed by atoms with E-state index in [1.807, 2.05) is 0 Å². The molecular formula is C13H26N2. The van der Waals surface area contributed by atoms with Crippen LogP contribution in [-0.2, 0) is 0 Å². The van der Waals surface area contributed by atoms with Crippen LogP contribution in [0.3, 0.4) is 0 Å². The fraction of sp³-hybridized carbons (Fsp3) is 1.00. The van der Waals surface area contributed by atoms with Gasteiger partial charge in [0.05, 0.1) is 0 Å². The lowest BCUT2D eigenvalue weighted by Gasteiger charge is -2.34. The van der Waals surface area contributed by atoms with Gasteiger partial charge in [0.15, 0.2) is 0 Å². The summed E-state index contributed by atoms with van der Waals surface area (Å²) in [6.45, 7) is 1.33. The van der Waals surface area contributed by atoms with Crippen LogP contribution in [0.1, 0.15) is 44.9 Å². The third-order valence-corrected chi connectivity index (χ3v) is 4.32. The van der Waals surface area contributed by atoms with Crippen LogP contribution >= 0.6 is 0 Å². The van der Waals surface area contributed by atoms with Gasteiger partial charge >= 0.3 is 0 Å². The summed E-state index contributed by atoms with van der Waals surface area (Å²) < 4.78 is 0. The van der Waals surface area contributed by atoms with E-state index in [2.05, 4.69) is 24.3 Å². The van der Waals surface area contributed by atoms with E-state index in [0.29, 0.717) is 0 Å². The Hall–Kier alpha value is -0.0800. The molecule has 0 aliphatic heterocycles. The Labute approximate surface area is 94.4 Å². The van der Waals surface area contributed by atoms with Gasteiger partial charge in [-0.1, -0.05) is 12.8 Å². The van der Waals surface area contributed by atoms with Gasteiger partial charge in [-0.15, -0.1) is 0 Å². The van der Waals surface area contributed by atoms with Gasteiger partial charge in [-0.3, -0.25) is 0 Å². The molecule has 2 aliphatic carbocycles. The van der Waals surface area contributed by atoms with Crippen molar-refractivity contribution in [3.63, 3.8) is 0 Å². The first-order valence-electron chi connectivity index (χ1n) is 6.67. The van der Waals surface area contributed by atoms with Gasteiger partial charge in [-0.25, -0.2) is 0 Å². The van der Waals surface area contributed by atoms with Crippen molar-refractivity contribution < 1.29 is 0 Å². The SMILES string of the molecule is CNC1CCC(N(C)CCC2CC2)CC1. The second kappa shape index (κ2) is 5.31. The summed E-state index contributed by atoms with van der Waals surface area (Å²) in [6, 6.07) is 1.66. The molecule has 0 aromatic rings. The summed E-state index contributed by atoms with van der Waals surface area (Å²) in [5, 5.41) is 3.41. The number of rotatable bonds is 5. The van der Waals surface area contributed by atoms with Gasteiger partial charge in [0.25, 0.3) is 0 Å². The van der Waals surface area contributed by atoms with E-state index in [0.717, 1.165) is 18.0 Å². The van der Waals surface area contributed by atoms with Crippen LogP contribution in [0.5, 0.6) is 0 Å². The van der Waals surface area contributed by atoms with Crippen LogP contribution in [0.25, 0.3) is 0 Å². The summed E-state index contributed by atoms with van der Waals surface area (Å²) >= 11 is 0. The molecule has 2 saturated carbocycles. The Morgan fingerprint density at radius 3 is 2.27 bits per heavy atom. The molecule has 15 heavy (non-hydrogen) atoms. The second-order valence-corrected chi connectivity index (χ2v) is 5.51. The van der Waals surface area contributed by atoms with Gasteiger partial charge in [-0.05, 0) is 58.7 Å². The van der Waals surface area contributed by atoms with Crippen LogP contribution in [0, 0.1) is 5.92 Å². The molecule has 0 saturated heterocycles. The lowest BCUT2D eigenvalue weighted by Crippen LogP contribution is -2.40. The Bertz CT molecular complexity index is 181. The monoisotopic (exact) mass is 210 g/mol. The average molecular weight is 210 g/mol. The molecule has 0 aromatic carbocycles. The molecule has 2 fully saturated rings. The summed E-state index contributed by atoms with van der Waals surface area (Å²) in [5.41, 5.74) is 0. The number of hydrogen-bond donors (Lipinski definition) is 1. The average Bonchev–Trinajstić information content (AvgIpc) is 3.10. The normalized spacial score (nSPS) is 32.2. The Balaban J connectivity index is 1.64. The van der Waals surface area contributed by atoms with E-state index in [9.17, 15) is 0 Å². The third-order valence-electron chi connectivity index (χ3n) is 4.32. The van der Waals surface area contributed by atoms with Crippen molar-refractivity contribution in [1.82, 2.24) is 10.2 Å².